The average molecular weight is 464 g/mol. The second kappa shape index (κ2) is 10.8. The maximum Gasteiger partial charge on any atom is 0.340 e. The second-order valence-electron chi connectivity index (χ2n) is 8.33. The Hall–Kier alpha value is -2.67. The fourth-order valence-corrected chi connectivity index (χ4v) is 3.42. The van der Waals surface area contributed by atoms with Gasteiger partial charge in [-0.1, -0.05) is 56.6 Å². The number of allylic oxidation sites excluding steroid dienone is 1. The van der Waals surface area contributed by atoms with E-state index in [1.165, 1.54) is 12.5 Å². The van der Waals surface area contributed by atoms with Crippen LogP contribution in [0.2, 0.25) is 5.02 Å². The summed E-state index contributed by atoms with van der Waals surface area (Å²) >= 11 is 6.61. The minimum absolute atomic E-state index is 0.00306. The van der Waals surface area contributed by atoms with Gasteiger partial charge in [-0.2, -0.15) is 5.10 Å². The third-order valence-electron chi connectivity index (χ3n) is 4.82. The molecule has 1 aromatic carbocycles. The lowest BCUT2D eigenvalue weighted by molar-refractivity contribution is -0.165. The largest absolute Gasteiger partial charge is 0.452 e. The highest BCUT2D eigenvalue weighted by atomic mass is 35.5. The fraction of sp³-hybridized carbons (Fsp3) is 0.458. The Morgan fingerprint density at radius 3 is 2.41 bits per heavy atom. The van der Waals surface area contributed by atoms with Crippen molar-refractivity contribution >= 4 is 35.1 Å². The molecule has 0 bridgehead atoms. The van der Waals surface area contributed by atoms with E-state index in [2.05, 4.69) is 30.9 Å². The molecule has 0 aliphatic heterocycles. The van der Waals surface area contributed by atoms with Crippen molar-refractivity contribution in [2.75, 3.05) is 13.7 Å². The molecule has 174 valence electrons. The van der Waals surface area contributed by atoms with Crippen LogP contribution in [0.1, 0.15) is 57.1 Å². The van der Waals surface area contributed by atoms with Crippen LogP contribution in [0, 0.1) is 6.92 Å². The number of carbonyl (C=O) groups excluding carboxylic acids is 1. The average Bonchev–Trinajstić information content (AvgIpc) is 3.03. The number of nitrogens with zero attached hydrogens (tertiary/aromatic N) is 3. The monoisotopic (exact) mass is 463 g/mol. The number of hydrogen-bond donors (Lipinski definition) is 0. The van der Waals surface area contributed by atoms with Gasteiger partial charge in [-0.15, -0.1) is 0 Å². The van der Waals surface area contributed by atoms with Gasteiger partial charge in [0, 0.05) is 32.3 Å². The number of carbonyl (C=O) groups is 1. The lowest BCUT2D eigenvalue weighted by Crippen LogP contribution is -2.20. The molecule has 1 atom stereocenters. The van der Waals surface area contributed by atoms with E-state index in [1.807, 2.05) is 31.2 Å². The number of hydrogen-bond acceptors (Lipinski definition) is 5. The van der Waals surface area contributed by atoms with Crippen molar-refractivity contribution in [2.45, 2.75) is 59.8 Å². The topological polar surface area (TPSA) is 65.7 Å². The van der Waals surface area contributed by atoms with Crippen molar-refractivity contribution in [3.8, 4) is 0 Å². The Kier molecular flexibility index (Phi) is 8.61. The minimum atomic E-state index is -1.24. The molecule has 1 unspecified atom stereocenters. The predicted octanol–water partition coefficient (Wildman–Crippen LogP) is 5.61. The summed E-state index contributed by atoms with van der Waals surface area (Å²) < 4.78 is 25.4. The van der Waals surface area contributed by atoms with Crippen molar-refractivity contribution < 1.29 is 18.7 Å². The smallest absolute Gasteiger partial charge is 0.340 e. The Balaban J connectivity index is 2.73. The van der Waals surface area contributed by atoms with Crippen LogP contribution in [0.3, 0.4) is 0 Å². The molecular weight excluding hydrogens is 433 g/mol. The predicted molar refractivity (Wildman–Crippen MR) is 127 cm³/mol. The molecule has 6 nitrogen and oxygen atoms in total. The number of aromatic nitrogens is 2. The molecule has 0 saturated carbocycles. The lowest BCUT2D eigenvalue weighted by atomic mass is 9.86. The number of esters is 1. The van der Waals surface area contributed by atoms with Gasteiger partial charge in [0.15, 0.2) is 12.4 Å². The molecule has 2 aromatic rings. The summed E-state index contributed by atoms with van der Waals surface area (Å²) in [6, 6.07) is 8.05. The molecular formula is C24H31ClFN3O3. The molecule has 0 amide bonds. The molecule has 0 spiro atoms. The van der Waals surface area contributed by atoms with Gasteiger partial charge in [-0.3, -0.25) is 9.67 Å². The number of halogens is 2. The number of benzene rings is 1. The molecule has 0 aliphatic carbocycles. The summed E-state index contributed by atoms with van der Waals surface area (Å²) in [6.45, 7) is 11.0. The molecule has 8 heteroatoms. The third-order valence-corrected chi connectivity index (χ3v) is 5.28. The number of ether oxygens (including phenoxy) is 2. The van der Waals surface area contributed by atoms with Crippen molar-refractivity contribution in [2.24, 2.45) is 4.99 Å². The van der Waals surface area contributed by atoms with Gasteiger partial charge in [-0.05, 0) is 30.4 Å². The maximum atomic E-state index is 12.7. The third kappa shape index (κ3) is 5.97. The van der Waals surface area contributed by atoms with Crippen LogP contribution in [0.15, 0.2) is 29.3 Å². The first-order chi connectivity index (χ1) is 15.0. The fourth-order valence-electron chi connectivity index (χ4n) is 3.20. The summed E-state index contributed by atoms with van der Waals surface area (Å²) in [7, 11) is 1.65. The van der Waals surface area contributed by atoms with Gasteiger partial charge >= 0.3 is 5.97 Å². The number of aliphatic imine (C=N–C) groups is 1. The first-order valence-corrected chi connectivity index (χ1v) is 10.8. The van der Waals surface area contributed by atoms with E-state index in [9.17, 15) is 9.18 Å². The molecule has 1 heterocycles. The normalized spacial score (nSPS) is 13.8. The number of rotatable bonds is 8. The molecule has 0 fully saturated rings. The Morgan fingerprint density at radius 1 is 1.28 bits per heavy atom. The molecule has 0 radical (unpaired) electrons. The summed E-state index contributed by atoms with van der Waals surface area (Å²) in [5.41, 5.74) is 3.80. The zero-order valence-corrected chi connectivity index (χ0v) is 20.5. The van der Waals surface area contributed by atoms with Gasteiger partial charge < -0.3 is 9.47 Å². The second-order valence-corrected chi connectivity index (χ2v) is 8.71. The van der Waals surface area contributed by atoms with Crippen molar-refractivity contribution in [3.05, 3.63) is 51.8 Å². The molecule has 32 heavy (non-hydrogen) atoms. The van der Waals surface area contributed by atoms with Crippen molar-refractivity contribution in [1.82, 2.24) is 9.78 Å². The van der Waals surface area contributed by atoms with Crippen LogP contribution >= 0.6 is 11.6 Å². The van der Waals surface area contributed by atoms with Gasteiger partial charge in [0.05, 0.1) is 10.7 Å². The Bertz CT molecular complexity index is 1000. The highest BCUT2D eigenvalue weighted by Gasteiger charge is 2.25. The first-order valence-electron chi connectivity index (χ1n) is 10.5. The van der Waals surface area contributed by atoms with E-state index in [-0.39, 0.29) is 5.41 Å². The summed E-state index contributed by atoms with van der Waals surface area (Å²) in [4.78, 5) is 15.7. The van der Waals surface area contributed by atoms with Gasteiger partial charge in [0.2, 0.25) is 6.29 Å². The van der Waals surface area contributed by atoms with Crippen LogP contribution < -0.4 is 0 Å². The van der Waals surface area contributed by atoms with E-state index < -0.39 is 18.9 Å². The van der Waals surface area contributed by atoms with Crippen LogP contribution in [0.5, 0.6) is 0 Å². The van der Waals surface area contributed by atoms with Crippen molar-refractivity contribution in [1.29, 1.82) is 0 Å². The molecule has 0 aliphatic rings. The van der Waals surface area contributed by atoms with Crippen LogP contribution in [-0.4, -0.2) is 42.0 Å². The SMILES string of the molecule is CCn1nc(C)c(Cl)c1/C(OC(C)OC(=O)CF)=C(\C=NC)c1ccc(C(C)(C)C)cc1. The minimum Gasteiger partial charge on any atom is -0.452 e. The Labute approximate surface area is 194 Å². The highest BCUT2D eigenvalue weighted by Crippen LogP contribution is 2.35. The van der Waals surface area contributed by atoms with E-state index >= 15 is 0 Å². The van der Waals surface area contributed by atoms with E-state index in [4.69, 9.17) is 21.1 Å². The highest BCUT2D eigenvalue weighted by molar-refractivity contribution is 6.33. The van der Waals surface area contributed by atoms with Crippen LogP contribution in [-0.2, 0) is 26.2 Å². The lowest BCUT2D eigenvalue weighted by Gasteiger charge is -2.22. The van der Waals surface area contributed by atoms with Gasteiger partial charge in [-0.25, -0.2) is 9.18 Å². The number of aryl methyl sites for hydroxylation is 2. The van der Waals surface area contributed by atoms with Crippen LogP contribution in [0.4, 0.5) is 4.39 Å². The van der Waals surface area contributed by atoms with Crippen molar-refractivity contribution in [3.63, 3.8) is 0 Å². The summed E-state index contributed by atoms with van der Waals surface area (Å²) in [6.07, 6.45) is 0.600. The van der Waals surface area contributed by atoms with Crippen LogP contribution in [0.25, 0.3) is 11.3 Å². The molecule has 0 N–H and O–H groups in total. The number of alkyl halides is 1. The zero-order chi connectivity index (χ0) is 24.1. The maximum absolute atomic E-state index is 12.7. The standard InChI is InChI=1S/C24H31ClFN3O3/c1-8-29-22(21(25)15(2)28-29)23(32-16(3)31-20(30)13-26)19(14-27-7)17-9-11-18(12-10-17)24(4,5)6/h9-12,14,16H,8,13H2,1-7H3/b23-19-,27-14?. The Morgan fingerprint density at radius 2 is 1.91 bits per heavy atom. The van der Waals surface area contributed by atoms with E-state index in [1.54, 1.807) is 24.9 Å². The van der Waals surface area contributed by atoms with Gasteiger partial charge in [0.25, 0.3) is 0 Å². The van der Waals surface area contributed by atoms with E-state index in [0.29, 0.717) is 34.3 Å². The molecule has 2 rings (SSSR count). The zero-order valence-electron chi connectivity index (χ0n) is 19.7. The van der Waals surface area contributed by atoms with Gasteiger partial charge in [0.1, 0.15) is 5.69 Å². The molecule has 0 saturated heterocycles. The summed E-state index contributed by atoms with van der Waals surface area (Å²) in [5.74, 6) is -0.672. The molecule has 1 aromatic heterocycles. The first kappa shape index (κ1) is 25.6. The van der Waals surface area contributed by atoms with E-state index in [0.717, 1.165) is 5.56 Å². The summed E-state index contributed by atoms with van der Waals surface area (Å²) in [5, 5.41) is 4.89. The quantitative estimate of drug-likeness (QED) is 0.221.